The molecule has 0 radical (unpaired) electrons. The van der Waals surface area contributed by atoms with E-state index in [9.17, 15) is 14.7 Å². The van der Waals surface area contributed by atoms with E-state index >= 15 is 0 Å². The minimum atomic E-state index is -0.828. The number of aromatic hydroxyl groups is 1. The zero-order chi connectivity index (χ0) is 13.7. The molecule has 0 spiro atoms. The van der Waals surface area contributed by atoms with Gasteiger partial charge < -0.3 is 15.6 Å². The van der Waals surface area contributed by atoms with E-state index in [2.05, 4.69) is 4.98 Å². The minimum Gasteiger partial charge on any atom is -0.503 e. The van der Waals surface area contributed by atoms with Crippen molar-refractivity contribution in [2.24, 2.45) is 5.73 Å². The molecule has 1 atom stereocenters. The largest absolute Gasteiger partial charge is 0.503 e. The Kier molecular flexibility index (Phi) is 4.61. The zero-order valence-electron chi connectivity index (χ0n) is 10.1. The van der Waals surface area contributed by atoms with E-state index in [4.69, 9.17) is 10.5 Å². The molecule has 7 heteroatoms. The monoisotopic (exact) mass is 253 g/mol. The molecular weight excluding hydrogens is 238 g/mol. The smallest absolute Gasteiger partial charge is 0.280 e. The van der Waals surface area contributed by atoms with Gasteiger partial charge in [0.2, 0.25) is 5.91 Å². The number of rotatable bonds is 4. The van der Waals surface area contributed by atoms with Crippen LogP contribution < -0.4 is 15.8 Å². The molecule has 98 valence electrons. The summed E-state index contributed by atoms with van der Waals surface area (Å²) in [7, 11) is 0. The normalized spacial score (nSPS) is 11.7. The lowest BCUT2D eigenvalue weighted by molar-refractivity contribution is -0.121. The van der Waals surface area contributed by atoms with Gasteiger partial charge in [-0.3, -0.25) is 14.9 Å². The fourth-order valence-electron chi connectivity index (χ4n) is 1.16. The summed E-state index contributed by atoms with van der Waals surface area (Å²) in [4.78, 5) is 26.6. The van der Waals surface area contributed by atoms with Crippen molar-refractivity contribution in [3.05, 3.63) is 18.0 Å². The molecule has 1 rings (SSSR count). The number of nitrogens with two attached hydrogens (primary N) is 1. The van der Waals surface area contributed by atoms with E-state index in [0.717, 1.165) is 0 Å². The standard InChI is InChI=1S/C11H15N3O4/c1-3-18-7-4-5-13-8(9(7)15)11(17)14-10(16)6(2)12/h4-6,15H,3,12H2,1-2H3,(H,14,16,17)/t6-/m1/s1. The number of carbonyl (C=O) groups is 2. The highest BCUT2D eigenvalue weighted by Crippen LogP contribution is 2.27. The van der Waals surface area contributed by atoms with Crippen molar-refractivity contribution in [1.29, 1.82) is 0 Å². The molecule has 0 aliphatic rings. The van der Waals surface area contributed by atoms with Crippen LogP contribution in [0, 0.1) is 0 Å². The summed E-state index contributed by atoms with van der Waals surface area (Å²) in [6.07, 6.45) is 1.30. The van der Waals surface area contributed by atoms with Gasteiger partial charge >= 0.3 is 0 Å². The third-order valence-electron chi connectivity index (χ3n) is 2.05. The molecule has 0 aromatic carbocycles. The minimum absolute atomic E-state index is 0.130. The van der Waals surface area contributed by atoms with Gasteiger partial charge in [-0.15, -0.1) is 0 Å². The van der Waals surface area contributed by atoms with Crippen molar-refractivity contribution in [2.75, 3.05) is 6.61 Å². The summed E-state index contributed by atoms with van der Waals surface area (Å²) >= 11 is 0. The molecule has 4 N–H and O–H groups in total. The molecule has 0 unspecified atom stereocenters. The topological polar surface area (TPSA) is 115 Å². The second-order valence-corrected chi connectivity index (χ2v) is 3.55. The van der Waals surface area contributed by atoms with E-state index in [1.807, 2.05) is 5.32 Å². The van der Waals surface area contributed by atoms with Crippen molar-refractivity contribution >= 4 is 11.8 Å². The molecule has 0 fully saturated rings. The predicted molar refractivity (Wildman–Crippen MR) is 63.2 cm³/mol. The third kappa shape index (κ3) is 3.17. The van der Waals surface area contributed by atoms with Crippen LogP contribution in [0.25, 0.3) is 0 Å². The fourth-order valence-corrected chi connectivity index (χ4v) is 1.16. The number of nitrogens with one attached hydrogen (secondary N) is 1. The maximum atomic E-state index is 11.7. The first-order chi connectivity index (χ1) is 8.47. The van der Waals surface area contributed by atoms with Crippen molar-refractivity contribution in [3.63, 3.8) is 0 Å². The van der Waals surface area contributed by atoms with Crippen LogP contribution >= 0.6 is 0 Å². The van der Waals surface area contributed by atoms with Gasteiger partial charge in [-0.25, -0.2) is 4.98 Å². The van der Waals surface area contributed by atoms with E-state index in [1.165, 1.54) is 19.2 Å². The molecular formula is C11H15N3O4. The van der Waals surface area contributed by atoms with E-state index in [0.29, 0.717) is 6.61 Å². The van der Waals surface area contributed by atoms with Crippen LogP contribution in [0.1, 0.15) is 24.3 Å². The second kappa shape index (κ2) is 5.97. The molecule has 1 aromatic heterocycles. The molecule has 0 saturated heterocycles. The van der Waals surface area contributed by atoms with Gasteiger partial charge in [0.25, 0.3) is 5.91 Å². The Morgan fingerprint density at radius 3 is 2.83 bits per heavy atom. The second-order valence-electron chi connectivity index (χ2n) is 3.55. The highest BCUT2D eigenvalue weighted by atomic mass is 16.5. The van der Waals surface area contributed by atoms with Crippen molar-refractivity contribution in [1.82, 2.24) is 10.3 Å². The highest BCUT2D eigenvalue weighted by Gasteiger charge is 2.20. The molecule has 18 heavy (non-hydrogen) atoms. The van der Waals surface area contributed by atoms with E-state index in [1.54, 1.807) is 6.92 Å². The van der Waals surface area contributed by atoms with Crippen molar-refractivity contribution in [3.8, 4) is 11.5 Å². The number of hydrogen-bond donors (Lipinski definition) is 3. The molecule has 0 aliphatic heterocycles. The maximum Gasteiger partial charge on any atom is 0.280 e. The van der Waals surface area contributed by atoms with Gasteiger partial charge in [-0.05, 0) is 13.8 Å². The van der Waals surface area contributed by atoms with E-state index < -0.39 is 23.6 Å². The lowest BCUT2D eigenvalue weighted by Gasteiger charge is -2.09. The van der Waals surface area contributed by atoms with Crippen LogP contribution in [0.15, 0.2) is 12.3 Å². The van der Waals surface area contributed by atoms with Crippen LogP contribution in [-0.4, -0.2) is 34.6 Å². The Morgan fingerprint density at radius 1 is 1.61 bits per heavy atom. The van der Waals surface area contributed by atoms with Crippen molar-refractivity contribution < 1.29 is 19.4 Å². The SMILES string of the molecule is CCOc1ccnc(C(=O)NC(=O)[C@@H](C)N)c1O. The average molecular weight is 253 g/mol. The van der Waals surface area contributed by atoms with E-state index in [-0.39, 0.29) is 11.4 Å². The lowest BCUT2D eigenvalue weighted by atomic mass is 10.2. The molecule has 1 heterocycles. The number of aromatic nitrogens is 1. The zero-order valence-corrected chi connectivity index (χ0v) is 10.1. The van der Waals surface area contributed by atoms with Crippen LogP contribution in [0.2, 0.25) is 0 Å². The number of nitrogens with zero attached hydrogens (tertiary/aromatic N) is 1. The van der Waals surface area contributed by atoms with Crippen LogP contribution in [0.5, 0.6) is 11.5 Å². The summed E-state index contributed by atoms with van der Waals surface area (Å²) in [5.74, 6) is -1.75. The third-order valence-corrected chi connectivity index (χ3v) is 2.05. The lowest BCUT2D eigenvalue weighted by Crippen LogP contribution is -2.41. The van der Waals surface area contributed by atoms with Gasteiger partial charge in [0.15, 0.2) is 17.2 Å². The van der Waals surface area contributed by atoms with Gasteiger partial charge in [0, 0.05) is 12.3 Å². The first-order valence-corrected chi connectivity index (χ1v) is 5.38. The van der Waals surface area contributed by atoms with Crippen molar-refractivity contribution in [2.45, 2.75) is 19.9 Å². The Hall–Kier alpha value is -2.15. The number of amides is 2. The Bertz CT molecular complexity index is 460. The van der Waals surface area contributed by atoms with Gasteiger partial charge in [-0.2, -0.15) is 0 Å². The summed E-state index contributed by atoms with van der Waals surface area (Å²) < 4.78 is 5.10. The molecule has 2 amide bonds. The Morgan fingerprint density at radius 2 is 2.28 bits per heavy atom. The maximum absolute atomic E-state index is 11.7. The number of imide groups is 1. The van der Waals surface area contributed by atoms with Gasteiger partial charge in [0.1, 0.15) is 0 Å². The Labute approximate surface area is 104 Å². The predicted octanol–water partition coefficient (Wildman–Crippen LogP) is -0.211. The summed E-state index contributed by atoms with van der Waals surface area (Å²) in [5.41, 5.74) is 5.02. The number of pyridine rings is 1. The highest BCUT2D eigenvalue weighted by molar-refractivity contribution is 6.06. The Balaban J connectivity index is 2.92. The summed E-state index contributed by atoms with van der Waals surface area (Å²) in [5, 5.41) is 11.8. The van der Waals surface area contributed by atoms with Crippen LogP contribution in [-0.2, 0) is 4.79 Å². The summed E-state index contributed by atoms with van der Waals surface area (Å²) in [6.45, 7) is 3.50. The number of ether oxygens (including phenoxy) is 1. The first-order valence-electron chi connectivity index (χ1n) is 5.38. The summed E-state index contributed by atoms with van der Waals surface area (Å²) in [6, 6.07) is 0.592. The fraction of sp³-hybridized carbons (Fsp3) is 0.364. The molecule has 0 bridgehead atoms. The average Bonchev–Trinajstić information content (AvgIpc) is 2.31. The van der Waals surface area contributed by atoms with Crippen LogP contribution in [0.3, 0.4) is 0 Å². The molecule has 7 nitrogen and oxygen atoms in total. The van der Waals surface area contributed by atoms with Gasteiger partial charge in [-0.1, -0.05) is 0 Å². The molecule has 0 saturated carbocycles. The quantitative estimate of drug-likeness (QED) is 0.684. The molecule has 0 aliphatic carbocycles. The van der Waals surface area contributed by atoms with Gasteiger partial charge in [0.05, 0.1) is 12.6 Å². The number of hydrogen-bond acceptors (Lipinski definition) is 6. The number of carbonyl (C=O) groups excluding carboxylic acids is 2. The first kappa shape index (κ1) is 13.9. The molecule has 1 aromatic rings. The van der Waals surface area contributed by atoms with Crippen LogP contribution in [0.4, 0.5) is 0 Å².